The number of amides is 1. The van der Waals surface area contributed by atoms with Gasteiger partial charge in [0.2, 0.25) is 0 Å². The number of rotatable bonds is 4. The molecule has 0 spiro atoms. The molecule has 1 amide bonds. The molecule has 1 saturated carbocycles. The summed E-state index contributed by atoms with van der Waals surface area (Å²) >= 11 is 0. The predicted molar refractivity (Wildman–Crippen MR) is 86.4 cm³/mol. The number of aromatic nitrogens is 1. The van der Waals surface area contributed by atoms with Crippen LogP contribution in [0.3, 0.4) is 0 Å². The lowest BCUT2D eigenvalue weighted by Gasteiger charge is -2.26. The Labute approximate surface area is 126 Å². The van der Waals surface area contributed by atoms with Gasteiger partial charge in [-0.1, -0.05) is 26.2 Å². The van der Waals surface area contributed by atoms with Gasteiger partial charge >= 0.3 is 0 Å². The number of H-pyrrole nitrogens is 1. The molecule has 2 N–H and O–H groups in total. The zero-order valence-corrected chi connectivity index (χ0v) is 12.7. The van der Waals surface area contributed by atoms with E-state index < -0.39 is 0 Å². The molecule has 1 aliphatic rings. The van der Waals surface area contributed by atoms with Crippen molar-refractivity contribution in [2.24, 2.45) is 11.8 Å². The monoisotopic (exact) mass is 284 g/mol. The van der Waals surface area contributed by atoms with Crippen LogP contribution in [0.2, 0.25) is 0 Å². The van der Waals surface area contributed by atoms with Crippen LogP contribution in [0.1, 0.15) is 49.4 Å². The van der Waals surface area contributed by atoms with E-state index in [-0.39, 0.29) is 5.91 Å². The van der Waals surface area contributed by atoms with E-state index in [0.717, 1.165) is 41.3 Å². The summed E-state index contributed by atoms with van der Waals surface area (Å²) in [5, 5.41) is 4.16. The lowest BCUT2D eigenvalue weighted by atomic mass is 9.81. The Bertz CT molecular complexity index is 616. The molecular formula is C18H24N2O. The van der Waals surface area contributed by atoms with Crippen LogP contribution in [0.5, 0.6) is 0 Å². The molecule has 3 rings (SSSR count). The van der Waals surface area contributed by atoms with Crippen LogP contribution in [0.15, 0.2) is 30.5 Å². The van der Waals surface area contributed by atoms with Crippen LogP contribution in [0.4, 0.5) is 0 Å². The molecule has 2 unspecified atom stereocenters. The normalized spacial score (nSPS) is 22.3. The molecule has 1 aromatic heterocycles. The quantitative estimate of drug-likeness (QED) is 0.871. The van der Waals surface area contributed by atoms with Gasteiger partial charge in [0.25, 0.3) is 5.91 Å². The van der Waals surface area contributed by atoms with E-state index in [0.29, 0.717) is 0 Å². The van der Waals surface area contributed by atoms with Crippen LogP contribution in [-0.2, 0) is 0 Å². The molecule has 0 radical (unpaired) electrons. The Hall–Kier alpha value is -1.77. The first-order valence-electron chi connectivity index (χ1n) is 8.07. The molecule has 1 heterocycles. The van der Waals surface area contributed by atoms with Gasteiger partial charge in [-0.25, -0.2) is 0 Å². The summed E-state index contributed by atoms with van der Waals surface area (Å²) < 4.78 is 0. The van der Waals surface area contributed by atoms with Gasteiger partial charge in [0.05, 0.1) is 0 Å². The van der Waals surface area contributed by atoms with Crippen molar-refractivity contribution in [2.45, 2.75) is 39.0 Å². The van der Waals surface area contributed by atoms with Crippen molar-refractivity contribution < 1.29 is 4.79 Å². The van der Waals surface area contributed by atoms with Crippen molar-refractivity contribution in [3.8, 4) is 0 Å². The zero-order chi connectivity index (χ0) is 14.7. The van der Waals surface area contributed by atoms with E-state index in [1.54, 1.807) is 0 Å². The Morgan fingerprint density at radius 1 is 1.33 bits per heavy atom. The molecule has 21 heavy (non-hydrogen) atoms. The SMILES string of the molecule is CC1CCCC(CCNC(=O)c2ccc3[nH]ccc3c2)C1. The number of carbonyl (C=O) groups is 1. The molecule has 0 aliphatic heterocycles. The van der Waals surface area contributed by atoms with Crippen molar-refractivity contribution >= 4 is 16.8 Å². The van der Waals surface area contributed by atoms with Crippen LogP contribution < -0.4 is 5.32 Å². The highest BCUT2D eigenvalue weighted by Crippen LogP contribution is 2.30. The summed E-state index contributed by atoms with van der Waals surface area (Å²) in [6, 6.07) is 7.79. The second-order valence-corrected chi connectivity index (χ2v) is 6.46. The molecule has 2 aromatic rings. The number of benzene rings is 1. The molecule has 2 atom stereocenters. The molecule has 3 nitrogen and oxygen atoms in total. The number of hydrogen-bond acceptors (Lipinski definition) is 1. The van der Waals surface area contributed by atoms with Crippen molar-refractivity contribution in [2.75, 3.05) is 6.54 Å². The molecule has 1 aromatic carbocycles. The third-order valence-electron chi connectivity index (χ3n) is 4.70. The first kappa shape index (κ1) is 14.2. The van der Waals surface area contributed by atoms with Gasteiger partial charge in [0, 0.05) is 29.2 Å². The Morgan fingerprint density at radius 2 is 2.24 bits per heavy atom. The molecule has 1 fully saturated rings. The lowest BCUT2D eigenvalue weighted by Crippen LogP contribution is -2.27. The van der Waals surface area contributed by atoms with Gasteiger partial charge in [-0.15, -0.1) is 0 Å². The summed E-state index contributed by atoms with van der Waals surface area (Å²) in [7, 11) is 0. The van der Waals surface area contributed by atoms with E-state index in [9.17, 15) is 4.79 Å². The Balaban J connectivity index is 1.51. The lowest BCUT2D eigenvalue weighted by molar-refractivity contribution is 0.0950. The van der Waals surface area contributed by atoms with E-state index in [1.807, 2.05) is 30.5 Å². The summed E-state index contributed by atoms with van der Waals surface area (Å²) in [6.07, 6.45) is 8.39. The summed E-state index contributed by atoms with van der Waals surface area (Å²) in [5.41, 5.74) is 1.82. The Morgan fingerprint density at radius 3 is 3.10 bits per heavy atom. The van der Waals surface area contributed by atoms with E-state index >= 15 is 0 Å². The van der Waals surface area contributed by atoms with Crippen molar-refractivity contribution in [3.05, 3.63) is 36.0 Å². The van der Waals surface area contributed by atoms with Crippen LogP contribution in [0, 0.1) is 11.8 Å². The van der Waals surface area contributed by atoms with Gasteiger partial charge in [-0.3, -0.25) is 4.79 Å². The number of aromatic amines is 1. The second-order valence-electron chi connectivity index (χ2n) is 6.46. The van der Waals surface area contributed by atoms with Crippen molar-refractivity contribution in [3.63, 3.8) is 0 Å². The minimum atomic E-state index is 0.0435. The fourth-order valence-corrected chi connectivity index (χ4v) is 3.51. The Kier molecular flexibility index (Phi) is 4.28. The van der Waals surface area contributed by atoms with Crippen molar-refractivity contribution in [1.82, 2.24) is 10.3 Å². The number of hydrogen-bond donors (Lipinski definition) is 2. The maximum absolute atomic E-state index is 12.2. The van der Waals surface area contributed by atoms with Crippen LogP contribution >= 0.6 is 0 Å². The number of carbonyl (C=O) groups excluding carboxylic acids is 1. The molecule has 3 heteroatoms. The van der Waals surface area contributed by atoms with Gasteiger partial charge in [-0.2, -0.15) is 0 Å². The first-order valence-corrected chi connectivity index (χ1v) is 8.07. The molecule has 112 valence electrons. The summed E-state index contributed by atoms with van der Waals surface area (Å²) in [4.78, 5) is 15.3. The predicted octanol–water partition coefficient (Wildman–Crippen LogP) is 4.11. The smallest absolute Gasteiger partial charge is 0.251 e. The van der Waals surface area contributed by atoms with Gasteiger partial charge in [0.1, 0.15) is 0 Å². The maximum atomic E-state index is 12.2. The third kappa shape index (κ3) is 3.46. The summed E-state index contributed by atoms with van der Waals surface area (Å²) in [6.45, 7) is 3.14. The van der Waals surface area contributed by atoms with Crippen molar-refractivity contribution in [1.29, 1.82) is 0 Å². The maximum Gasteiger partial charge on any atom is 0.251 e. The average molecular weight is 284 g/mol. The minimum Gasteiger partial charge on any atom is -0.361 e. The topological polar surface area (TPSA) is 44.9 Å². The third-order valence-corrected chi connectivity index (χ3v) is 4.70. The van der Waals surface area contributed by atoms with E-state index in [4.69, 9.17) is 0 Å². The second kappa shape index (κ2) is 6.33. The number of fused-ring (bicyclic) bond motifs is 1. The molecule has 0 bridgehead atoms. The highest BCUT2D eigenvalue weighted by atomic mass is 16.1. The first-order chi connectivity index (χ1) is 10.2. The van der Waals surface area contributed by atoms with E-state index in [2.05, 4.69) is 17.2 Å². The fourth-order valence-electron chi connectivity index (χ4n) is 3.51. The zero-order valence-electron chi connectivity index (χ0n) is 12.7. The average Bonchev–Trinajstić information content (AvgIpc) is 2.94. The van der Waals surface area contributed by atoms with Crippen LogP contribution in [-0.4, -0.2) is 17.4 Å². The standard InChI is InChI=1S/C18H24N2O/c1-13-3-2-4-14(11-13)7-9-20-18(21)16-5-6-17-15(12-16)8-10-19-17/h5-6,8,10,12-14,19H,2-4,7,9,11H2,1H3,(H,20,21). The van der Waals surface area contributed by atoms with Crippen LogP contribution in [0.25, 0.3) is 10.9 Å². The molecular weight excluding hydrogens is 260 g/mol. The van der Waals surface area contributed by atoms with Gasteiger partial charge in [0.15, 0.2) is 0 Å². The largest absolute Gasteiger partial charge is 0.361 e. The van der Waals surface area contributed by atoms with Gasteiger partial charge < -0.3 is 10.3 Å². The molecule has 1 aliphatic carbocycles. The fraction of sp³-hybridized carbons (Fsp3) is 0.500. The van der Waals surface area contributed by atoms with Gasteiger partial charge in [-0.05, 0) is 48.9 Å². The molecule has 0 saturated heterocycles. The highest BCUT2D eigenvalue weighted by Gasteiger charge is 2.18. The van der Waals surface area contributed by atoms with E-state index in [1.165, 1.54) is 25.7 Å². The number of nitrogens with one attached hydrogen (secondary N) is 2. The minimum absolute atomic E-state index is 0.0435. The summed E-state index contributed by atoms with van der Waals surface area (Å²) in [5.74, 6) is 1.69. The highest BCUT2D eigenvalue weighted by molar-refractivity contribution is 5.98.